The van der Waals surface area contributed by atoms with Crippen molar-refractivity contribution in [2.24, 2.45) is 0 Å². The Kier molecular flexibility index (Phi) is 5.82. The summed E-state index contributed by atoms with van der Waals surface area (Å²) >= 11 is 0. The molecule has 0 saturated heterocycles. The molecule has 0 aliphatic carbocycles. The number of hydrogen-bond acceptors (Lipinski definition) is 3. The number of alkyl carbamates (subject to hydrolysis) is 1. The minimum Gasteiger partial charge on any atom is -0.465 e. The van der Waals surface area contributed by atoms with E-state index in [2.05, 4.69) is 5.32 Å². The van der Waals surface area contributed by atoms with Gasteiger partial charge in [0.05, 0.1) is 6.04 Å². The second kappa shape index (κ2) is 8.07. The van der Waals surface area contributed by atoms with Gasteiger partial charge in [0.2, 0.25) is 0 Å². The molecule has 1 aliphatic heterocycles. The molecule has 0 saturated carbocycles. The van der Waals surface area contributed by atoms with Gasteiger partial charge >= 0.3 is 12.2 Å². The maximum Gasteiger partial charge on any atom is 0.407 e. The molecule has 22 heavy (non-hydrogen) atoms. The Labute approximate surface area is 129 Å². The number of carboxylic acid groups (broad SMARTS) is 1. The summed E-state index contributed by atoms with van der Waals surface area (Å²) in [6, 6.07) is 9.11. The van der Waals surface area contributed by atoms with E-state index in [-0.39, 0.29) is 19.2 Å². The van der Waals surface area contributed by atoms with Gasteiger partial charge in [0.25, 0.3) is 0 Å². The standard InChI is InChI=1S/C16H20N2O4/c19-15(22-12-13-7-3-1-4-8-13)17-14-9-5-2-6-10-18(11-14)16(20)21/h1-5,7-8,14H,6,9-12H2,(H,17,19)(H,20,21)/t14-/m0/s1. The molecule has 0 spiro atoms. The highest BCUT2D eigenvalue weighted by molar-refractivity contribution is 5.68. The van der Waals surface area contributed by atoms with Gasteiger partial charge in [-0.15, -0.1) is 0 Å². The Bertz CT molecular complexity index is 530. The van der Waals surface area contributed by atoms with Gasteiger partial charge in [-0.25, -0.2) is 9.59 Å². The van der Waals surface area contributed by atoms with Gasteiger partial charge < -0.3 is 20.1 Å². The molecular weight excluding hydrogens is 284 g/mol. The first kappa shape index (κ1) is 15.9. The number of benzene rings is 1. The van der Waals surface area contributed by atoms with E-state index in [9.17, 15) is 9.59 Å². The van der Waals surface area contributed by atoms with Crippen molar-refractivity contribution in [1.82, 2.24) is 10.2 Å². The number of nitrogens with one attached hydrogen (secondary N) is 1. The van der Waals surface area contributed by atoms with E-state index in [1.54, 1.807) is 0 Å². The zero-order valence-corrected chi connectivity index (χ0v) is 12.3. The molecule has 0 bridgehead atoms. The summed E-state index contributed by atoms with van der Waals surface area (Å²) < 4.78 is 5.16. The van der Waals surface area contributed by atoms with E-state index in [1.165, 1.54) is 4.90 Å². The lowest BCUT2D eigenvalue weighted by Crippen LogP contribution is -2.46. The van der Waals surface area contributed by atoms with Crippen LogP contribution in [-0.2, 0) is 11.3 Å². The molecule has 1 aliphatic rings. The third-order valence-electron chi connectivity index (χ3n) is 3.40. The van der Waals surface area contributed by atoms with Gasteiger partial charge in [0.15, 0.2) is 0 Å². The largest absolute Gasteiger partial charge is 0.465 e. The number of ether oxygens (including phenoxy) is 1. The van der Waals surface area contributed by atoms with Crippen LogP contribution < -0.4 is 5.32 Å². The van der Waals surface area contributed by atoms with E-state index in [1.807, 2.05) is 42.5 Å². The zero-order chi connectivity index (χ0) is 15.8. The van der Waals surface area contributed by atoms with Gasteiger partial charge in [-0.2, -0.15) is 0 Å². The lowest BCUT2D eigenvalue weighted by Gasteiger charge is -2.26. The van der Waals surface area contributed by atoms with Gasteiger partial charge in [0, 0.05) is 13.1 Å². The van der Waals surface area contributed by atoms with Crippen LogP contribution in [-0.4, -0.2) is 41.3 Å². The maximum absolute atomic E-state index is 11.8. The van der Waals surface area contributed by atoms with Crippen LogP contribution in [0.25, 0.3) is 0 Å². The van der Waals surface area contributed by atoms with Gasteiger partial charge in [-0.3, -0.25) is 0 Å². The quantitative estimate of drug-likeness (QED) is 0.841. The first-order valence-electron chi connectivity index (χ1n) is 7.25. The number of rotatable bonds is 3. The number of nitrogens with zero attached hydrogens (tertiary/aromatic N) is 1. The van der Waals surface area contributed by atoms with Crippen LogP contribution in [0.4, 0.5) is 9.59 Å². The Balaban J connectivity index is 1.84. The average molecular weight is 304 g/mol. The first-order valence-corrected chi connectivity index (χ1v) is 7.25. The third-order valence-corrected chi connectivity index (χ3v) is 3.40. The number of hydrogen-bond donors (Lipinski definition) is 2. The van der Waals surface area contributed by atoms with Crippen molar-refractivity contribution >= 4 is 12.2 Å². The minimum atomic E-state index is -0.972. The fourth-order valence-corrected chi connectivity index (χ4v) is 2.25. The predicted octanol–water partition coefficient (Wildman–Crippen LogP) is 2.61. The van der Waals surface area contributed by atoms with Crippen molar-refractivity contribution in [3.63, 3.8) is 0 Å². The van der Waals surface area contributed by atoms with Crippen LogP contribution in [0.15, 0.2) is 42.5 Å². The van der Waals surface area contributed by atoms with E-state index >= 15 is 0 Å². The van der Waals surface area contributed by atoms with E-state index in [0.29, 0.717) is 19.4 Å². The number of carbonyl (C=O) groups is 2. The molecule has 1 heterocycles. The lowest BCUT2D eigenvalue weighted by atomic mass is 10.1. The highest BCUT2D eigenvalue weighted by atomic mass is 16.5. The van der Waals surface area contributed by atoms with Crippen LogP contribution in [0.1, 0.15) is 18.4 Å². The molecule has 0 radical (unpaired) electrons. The molecule has 118 valence electrons. The molecule has 2 rings (SSSR count). The monoisotopic (exact) mass is 304 g/mol. The normalized spacial score (nSPS) is 18.2. The Hall–Kier alpha value is -2.50. The third kappa shape index (κ3) is 5.12. The van der Waals surface area contributed by atoms with Crippen LogP contribution in [0, 0.1) is 0 Å². The smallest absolute Gasteiger partial charge is 0.407 e. The topological polar surface area (TPSA) is 78.9 Å². The van der Waals surface area contributed by atoms with Crippen molar-refractivity contribution in [3.05, 3.63) is 48.0 Å². The van der Waals surface area contributed by atoms with Crippen molar-refractivity contribution in [2.45, 2.75) is 25.5 Å². The molecule has 0 aromatic heterocycles. The highest BCUT2D eigenvalue weighted by Crippen LogP contribution is 2.07. The summed E-state index contributed by atoms with van der Waals surface area (Å²) in [5.74, 6) is 0. The second-order valence-electron chi connectivity index (χ2n) is 5.13. The van der Waals surface area contributed by atoms with Crippen molar-refractivity contribution in [3.8, 4) is 0 Å². The fraction of sp³-hybridized carbons (Fsp3) is 0.375. The Morgan fingerprint density at radius 3 is 2.77 bits per heavy atom. The number of amides is 2. The van der Waals surface area contributed by atoms with Crippen molar-refractivity contribution in [2.75, 3.05) is 13.1 Å². The van der Waals surface area contributed by atoms with Gasteiger partial charge in [-0.1, -0.05) is 42.5 Å². The summed E-state index contributed by atoms with van der Waals surface area (Å²) in [6.45, 7) is 0.890. The minimum absolute atomic E-state index is 0.192. The fourth-order valence-electron chi connectivity index (χ4n) is 2.25. The summed E-state index contributed by atoms with van der Waals surface area (Å²) in [4.78, 5) is 24.3. The van der Waals surface area contributed by atoms with Crippen LogP contribution in [0.3, 0.4) is 0 Å². The molecule has 6 nitrogen and oxygen atoms in total. The predicted molar refractivity (Wildman–Crippen MR) is 81.5 cm³/mol. The Morgan fingerprint density at radius 2 is 2.05 bits per heavy atom. The molecule has 6 heteroatoms. The first-order chi connectivity index (χ1) is 10.6. The molecule has 0 fully saturated rings. The zero-order valence-electron chi connectivity index (χ0n) is 12.3. The van der Waals surface area contributed by atoms with Crippen LogP contribution in [0.2, 0.25) is 0 Å². The SMILES string of the molecule is O=C(N[C@H]1CC=CCCN(C(=O)O)C1)OCc1ccccc1. The summed E-state index contributed by atoms with van der Waals surface area (Å²) in [7, 11) is 0. The van der Waals surface area contributed by atoms with Crippen LogP contribution >= 0.6 is 0 Å². The Morgan fingerprint density at radius 1 is 1.27 bits per heavy atom. The molecular formula is C16H20N2O4. The molecule has 2 N–H and O–H groups in total. The average Bonchev–Trinajstić information content (AvgIpc) is 2.48. The van der Waals surface area contributed by atoms with Crippen molar-refractivity contribution < 1.29 is 19.4 Å². The van der Waals surface area contributed by atoms with E-state index in [4.69, 9.17) is 9.84 Å². The molecule has 1 atom stereocenters. The molecule has 1 aromatic carbocycles. The van der Waals surface area contributed by atoms with E-state index < -0.39 is 12.2 Å². The molecule has 1 aromatic rings. The van der Waals surface area contributed by atoms with Gasteiger partial charge in [0.1, 0.15) is 6.61 Å². The second-order valence-corrected chi connectivity index (χ2v) is 5.13. The van der Waals surface area contributed by atoms with Crippen molar-refractivity contribution in [1.29, 1.82) is 0 Å². The highest BCUT2D eigenvalue weighted by Gasteiger charge is 2.20. The molecule has 2 amide bonds. The summed E-state index contributed by atoms with van der Waals surface area (Å²) in [6.07, 6.45) is 3.66. The molecule has 0 unspecified atom stereocenters. The van der Waals surface area contributed by atoms with Gasteiger partial charge in [-0.05, 0) is 18.4 Å². The summed E-state index contributed by atoms with van der Waals surface area (Å²) in [5, 5.41) is 11.8. The maximum atomic E-state index is 11.8. The lowest BCUT2D eigenvalue weighted by molar-refractivity contribution is 0.123. The van der Waals surface area contributed by atoms with Crippen LogP contribution in [0.5, 0.6) is 0 Å². The summed E-state index contributed by atoms with van der Waals surface area (Å²) in [5.41, 5.74) is 0.905. The number of carbonyl (C=O) groups excluding carboxylic acids is 1. The van der Waals surface area contributed by atoms with E-state index in [0.717, 1.165) is 5.56 Å².